The molecule has 0 aliphatic carbocycles. The van der Waals surface area contributed by atoms with Crippen LogP contribution < -0.4 is 10.6 Å². The summed E-state index contributed by atoms with van der Waals surface area (Å²) in [4.78, 5) is 39.8. The number of piperidine rings is 1. The summed E-state index contributed by atoms with van der Waals surface area (Å²) in [5.74, 6) is -0.242. The van der Waals surface area contributed by atoms with Crippen molar-refractivity contribution in [2.45, 2.75) is 44.1 Å². The molecule has 158 valence electrons. The minimum absolute atomic E-state index is 0.00171. The van der Waals surface area contributed by atoms with Crippen molar-refractivity contribution in [3.05, 3.63) is 47.1 Å². The van der Waals surface area contributed by atoms with E-state index < -0.39 is 11.6 Å². The first kappa shape index (κ1) is 20.5. The maximum absolute atomic E-state index is 14.0. The zero-order chi connectivity index (χ0) is 21.3. The standard InChI is InChI=1S/C22H24FN3O3S/c1-22(20(28)24-21(29)25-22)11-8-19(27)26-12-9-14(10-13-26)17-6-7-18(30-17)15-4-2-3-5-16(15)23/h2-7,14H,8-13H2,1H3,(H2,24,25,28,29). The number of nitrogens with zero attached hydrogens (tertiary/aromatic N) is 1. The van der Waals surface area contributed by atoms with Crippen LogP contribution in [0.15, 0.2) is 36.4 Å². The van der Waals surface area contributed by atoms with Crippen LogP contribution >= 0.6 is 11.3 Å². The Bertz CT molecular complexity index is 984. The molecule has 30 heavy (non-hydrogen) atoms. The lowest BCUT2D eigenvalue weighted by atomic mass is 9.93. The van der Waals surface area contributed by atoms with Gasteiger partial charge in [0.15, 0.2) is 0 Å². The third kappa shape index (κ3) is 4.09. The molecule has 2 saturated heterocycles. The minimum Gasteiger partial charge on any atom is -0.343 e. The summed E-state index contributed by atoms with van der Waals surface area (Å²) in [5.41, 5.74) is -0.400. The third-order valence-electron chi connectivity index (χ3n) is 5.97. The topological polar surface area (TPSA) is 78.5 Å². The number of rotatable bonds is 5. The van der Waals surface area contributed by atoms with E-state index in [2.05, 4.69) is 16.7 Å². The minimum atomic E-state index is -1.02. The van der Waals surface area contributed by atoms with Crippen LogP contribution in [0.2, 0.25) is 0 Å². The van der Waals surface area contributed by atoms with E-state index in [-0.39, 0.29) is 30.5 Å². The van der Waals surface area contributed by atoms with Gasteiger partial charge < -0.3 is 10.2 Å². The number of thiophene rings is 1. The molecule has 2 aliphatic rings. The molecule has 1 unspecified atom stereocenters. The highest BCUT2D eigenvalue weighted by atomic mass is 32.1. The molecule has 1 atom stereocenters. The second kappa shape index (κ2) is 8.18. The van der Waals surface area contributed by atoms with Crippen molar-refractivity contribution in [1.82, 2.24) is 15.5 Å². The van der Waals surface area contributed by atoms with Crippen molar-refractivity contribution in [2.24, 2.45) is 0 Å². The molecule has 4 rings (SSSR count). The quantitative estimate of drug-likeness (QED) is 0.713. The van der Waals surface area contributed by atoms with Gasteiger partial charge >= 0.3 is 6.03 Å². The number of carbonyl (C=O) groups excluding carboxylic acids is 3. The predicted octanol–water partition coefficient (Wildman–Crippen LogP) is 3.64. The molecule has 2 fully saturated rings. The number of benzene rings is 1. The molecule has 3 heterocycles. The maximum Gasteiger partial charge on any atom is 0.322 e. The van der Waals surface area contributed by atoms with Gasteiger partial charge in [-0.1, -0.05) is 18.2 Å². The summed E-state index contributed by atoms with van der Waals surface area (Å²) in [5, 5.41) is 4.81. The molecular weight excluding hydrogens is 405 g/mol. The van der Waals surface area contributed by atoms with Gasteiger partial charge in [0, 0.05) is 34.8 Å². The van der Waals surface area contributed by atoms with Crippen LogP contribution in [-0.4, -0.2) is 41.4 Å². The lowest BCUT2D eigenvalue weighted by Crippen LogP contribution is -2.45. The first-order valence-electron chi connectivity index (χ1n) is 10.1. The van der Waals surface area contributed by atoms with Gasteiger partial charge in [-0.05, 0) is 50.3 Å². The largest absolute Gasteiger partial charge is 0.343 e. The van der Waals surface area contributed by atoms with Gasteiger partial charge in [0.25, 0.3) is 5.91 Å². The van der Waals surface area contributed by atoms with Crippen LogP contribution in [-0.2, 0) is 9.59 Å². The Balaban J connectivity index is 1.31. The summed E-state index contributed by atoms with van der Waals surface area (Å²) in [6, 6.07) is 10.3. The number of imide groups is 1. The lowest BCUT2D eigenvalue weighted by Gasteiger charge is -2.32. The van der Waals surface area contributed by atoms with Gasteiger partial charge in [-0.15, -0.1) is 11.3 Å². The van der Waals surface area contributed by atoms with E-state index in [0.29, 0.717) is 24.6 Å². The van der Waals surface area contributed by atoms with E-state index in [1.54, 1.807) is 30.4 Å². The fourth-order valence-electron chi connectivity index (χ4n) is 4.06. The number of nitrogens with one attached hydrogen (secondary N) is 2. The molecule has 2 aromatic rings. The first-order chi connectivity index (χ1) is 14.4. The van der Waals surface area contributed by atoms with Crippen molar-refractivity contribution < 1.29 is 18.8 Å². The van der Waals surface area contributed by atoms with E-state index in [0.717, 1.165) is 17.7 Å². The molecule has 0 radical (unpaired) electrons. The fourth-order valence-corrected chi connectivity index (χ4v) is 5.27. The molecule has 4 amide bonds. The summed E-state index contributed by atoms with van der Waals surface area (Å²) < 4.78 is 14.0. The average molecular weight is 430 g/mol. The number of likely N-dealkylation sites (tertiary alicyclic amines) is 1. The van der Waals surface area contributed by atoms with Crippen LogP contribution in [0.5, 0.6) is 0 Å². The van der Waals surface area contributed by atoms with Gasteiger partial charge in [0.1, 0.15) is 11.4 Å². The Hall–Kier alpha value is -2.74. The van der Waals surface area contributed by atoms with Crippen LogP contribution in [0.3, 0.4) is 0 Å². The normalized spacial score (nSPS) is 22.1. The molecule has 1 aromatic carbocycles. The maximum atomic E-state index is 14.0. The second-order valence-electron chi connectivity index (χ2n) is 8.08. The van der Waals surface area contributed by atoms with Crippen molar-refractivity contribution >= 4 is 29.2 Å². The zero-order valence-electron chi connectivity index (χ0n) is 16.7. The average Bonchev–Trinajstić information content (AvgIpc) is 3.31. The molecular formula is C22H24FN3O3S. The molecule has 0 spiro atoms. The lowest BCUT2D eigenvalue weighted by molar-refractivity contribution is -0.133. The number of halogens is 1. The third-order valence-corrected chi connectivity index (χ3v) is 7.25. The fraction of sp³-hybridized carbons (Fsp3) is 0.409. The molecule has 8 heteroatoms. The van der Waals surface area contributed by atoms with Crippen molar-refractivity contribution in [2.75, 3.05) is 13.1 Å². The van der Waals surface area contributed by atoms with Gasteiger partial charge in [-0.25, -0.2) is 9.18 Å². The summed E-state index contributed by atoms with van der Waals surface area (Å²) in [6.45, 7) is 2.95. The van der Waals surface area contributed by atoms with Crippen molar-refractivity contribution in [3.8, 4) is 10.4 Å². The molecule has 6 nitrogen and oxygen atoms in total. The van der Waals surface area contributed by atoms with Gasteiger partial charge in [0.05, 0.1) is 0 Å². The van der Waals surface area contributed by atoms with E-state index in [1.165, 1.54) is 10.9 Å². The second-order valence-corrected chi connectivity index (χ2v) is 9.19. The van der Waals surface area contributed by atoms with E-state index >= 15 is 0 Å². The van der Waals surface area contributed by atoms with Gasteiger partial charge in [-0.3, -0.25) is 14.9 Å². The SMILES string of the molecule is CC1(CCC(=O)N2CCC(c3ccc(-c4ccccc4F)s3)CC2)NC(=O)NC1=O. The van der Waals surface area contributed by atoms with Gasteiger partial charge in [-0.2, -0.15) is 0 Å². The predicted molar refractivity (Wildman–Crippen MR) is 113 cm³/mol. The van der Waals surface area contributed by atoms with Crippen LogP contribution in [0, 0.1) is 5.82 Å². The molecule has 2 N–H and O–H groups in total. The van der Waals surface area contributed by atoms with Crippen LogP contribution in [0.25, 0.3) is 10.4 Å². The molecule has 0 saturated carbocycles. The molecule has 2 aliphatic heterocycles. The summed E-state index contributed by atoms with van der Waals surface area (Å²) in [7, 11) is 0. The monoisotopic (exact) mass is 429 g/mol. The first-order valence-corrected chi connectivity index (χ1v) is 10.9. The Labute approximate surface area is 178 Å². The number of urea groups is 1. The van der Waals surface area contributed by atoms with E-state index in [1.807, 2.05) is 17.0 Å². The Kier molecular flexibility index (Phi) is 5.60. The highest BCUT2D eigenvalue weighted by Crippen LogP contribution is 2.37. The number of hydrogen-bond acceptors (Lipinski definition) is 4. The van der Waals surface area contributed by atoms with E-state index in [4.69, 9.17) is 0 Å². The number of amides is 4. The zero-order valence-corrected chi connectivity index (χ0v) is 17.6. The van der Waals surface area contributed by atoms with Crippen molar-refractivity contribution in [1.29, 1.82) is 0 Å². The highest BCUT2D eigenvalue weighted by Gasteiger charge is 2.42. The smallest absolute Gasteiger partial charge is 0.322 e. The van der Waals surface area contributed by atoms with E-state index in [9.17, 15) is 18.8 Å². The Morgan fingerprint density at radius 3 is 2.60 bits per heavy atom. The number of carbonyl (C=O) groups is 3. The summed E-state index contributed by atoms with van der Waals surface area (Å²) >= 11 is 1.62. The van der Waals surface area contributed by atoms with Gasteiger partial charge in [0.2, 0.25) is 5.91 Å². The Morgan fingerprint density at radius 1 is 1.20 bits per heavy atom. The summed E-state index contributed by atoms with van der Waals surface area (Å²) in [6.07, 6.45) is 2.21. The van der Waals surface area contributed by atoms with Crippen LogP contribution in [0.4, 0.5) is 9.18 Å². The molecule has 1 aromatic heterocycles. The Morgan fingerprint density at radius 2 is 1.93 bits per heavy atom. The molecule has 0 bridgehead atoms. The highest BCUT2D eigenvalue weighted by molar-refractivity contribution is 7.15. The number of hydrogen-bond donors (Lipinski definition) is 2. The van der Waals surface area contributed by atoms with Crippen LogP contribution in [0.1, 0.15) is 43.4 Å². The van der Waals surface area contributed by atoms with Crippen molar-refractivity contribution in [3.63, 3.8) is 0 Å².